The van der Waals surface area contributed by atoms with Crippen molar-refractivity contribution in [3.05, 3.63) is 18.0 Å². The Balaban J connectivity index is 2.30. The highest BCUT2D eigenvalue weighted by Crippen LogP contribution is 2.13. The molecule has 0 aliphatic rings. The van der Waals surface area contributed by atoms with E-state index >= 15 is 0 Å². The topological polar surface area (TPSA) is 50.1 Å². The van der Waals surface area contributed by atoms with Gasteiger partial charge in [-0.1, -0.05) is 13.8 Å². The Morgan fingerprint density at radius 1 is 1.39 bits per heavy atom. The predicted octanol–water partition coefficient (Wildman–Crippen LogP) is 2.13. The molecule has 0 aliphatic carbocycles. The summed E-state index contributed by atoms with van der Waals surface area (Å²) in [6.45, 7) is 12.1. The first-order chi connectivity index (χ1) is 8.30. The minimum atomic E-state index is -0.213. The zero-order chi connectivity index (χ0) is 13.8. The molecule has 0 bridgehead atoms. The van der Waals surface area contributed by atoms with Gasteiger partial charge in [-0.15, -0.1) is 0 Å². The van der Waals surface area contributed by atoms with E-state index in [1.165, 1.54) is 5.56 Å². The van der Waals surface area contributed by atoms with Gasteiger partial charge in [-0.05, 0) is 39.7 Å². The average Bonchev–Trinajstić information content (AvgIpc) is 2.72. The van der Waals surface area contributed by atoms with Crippen LogP contribution in [0.25, 0.3) is 0 Å². The van der Waals surface area contributed by atoms with E-state index in [1.54, 1.807) is 0 Å². The number of rotatable bonds is 6. The molecule has 1 atom stereocenters. The third kappa shape index (κ3) is 4.78. The van der Waals surface area contributed by atoms with E-state index < -0.39 is 0 Å². The van der Waals surface area contributed by atoms with Gasteiger partial charge in [0, 0.05) is 18.3 Å². The number of aliphatic hydroxyl groups excluding tert-OH is 1. The molecule has 0 fully saturated rings. The summed E-state index contributed by atoms with van der Waals surface area (Å²) >= 11 is 0. The molecule has 104 valence electrons. The minimum Gasteiger partial charge on any atom is -0.393 e. The summed E-state index contributed by atoms with van der Waals surface area (Å²) in [5, 5.41) is 17.4. The fourth-order valence-electron chi connectivity index (χ4n) is 1.63. The van der Waals surface area contributed by atoms with Gasteiger partial charge in [-0.3, -0.25) is 4.68 Å². The summed E-state index contributed by atoms with van der Waals surface area (Å²) in [6, 6.07) is 0. The Hall–Kier alpha value is -0.870. The fraction of sp³-hybridized carbons (Fsp3) is 0.786. The molecule has 0 saturated carbocycles. The molecule has 1 rings (SSSR count). The van der Waals surface area contributed by atoms with E-state index in [4.69, 9.17) is 0 Å². The van der Waals surface area contributed by atoms with Crippen LogP contribution in [0.2, 0.25) is 0 Å². The lowest BCUT2D eigenvalue weighted by molar-refractivity contribution is 0.116. The largest absolute Gasteiger partial charge is 0.393 e. The van der Waals surface area contributed by atoms with Gasteiger partial charge >= 0.3 is 0 Å². The van der Waals surface area contributed by atoms with Gasteiger partial charge in [0.2, 0.25) is 0 Å². The second kappa shape index (κ2) is 6.34. The summed E-state index contributed by atoms with van der Waals surface area (Å²) in [5.41, 5.74) is 1.22. The van der Waals surface area contributed by atoms with Crippen LogP contribution >= 0.6 is 0 Å². The third-order valence-corrected chi connectivity index (χ3v) is 3.04. The molecule has 0 saturated heterocycles. The van der Waals surface area contributed by atoms with Crippen LogP contribution in [-0.4, -0.2) is 27.5 Å². The smallest absolute Gasteiger partial charge is 0.0575 e. The molecule has 0 amide bonds. The Kier molecular flexibility index (Phi) is 5.35. The van der Waals surface area contributed by atoms with Crippen LogP contribution in [0.15, 0.2) is 12.4 Å². The second-order valence-electron chi connectivity index (χ2n) is 6.24. The van der Waals surface area contributed by atoms with Gasteiger partial charge in [0.05, 0.1) is 17.8 Å². The summed E-state index contributed by atoms with van der Waals surface area (Å²) in [4.78, 5) is 0. The van der Waals surface area contributed by atoms with E-state index in [0.29, 0.717) is 5.92 Å². The molecule has 0 aromatic carbocycles. The van der Waals surface area contributed by atoms with Crippen molar-refractivity contribution in [2.45, 2.75) is 59.2 Å². The number of nitrogens with one attached hydrogen (secondary N) is 1. The molecule has 0 aliphatic heterocycles. The van der Waals surface area contributed by atoms with Crippen LogP contribution < -0.4 is 5.32 Å². The summed E-state index contributed by atoms with van der Waals surface area (Å²) in [5.74, 6) is 0.329. The van der Waals surface area contributed by atoms with Crippen molar-refractivity contribution in [3.8, 4) is 0 Å². The summed E-state index contributed by atoms with van der Waals surface area (Å²) in [7, 11) is 0. The molecule has 4 heteroatoms. The maximum atomic E-state index is 9.68. The lowest BCUT2D eigenvalue weighted by Crippen LogP contribution is -2.23. The lowest BCUT2D eigenvalue weighted by Gasteiger charge is -2.18. The SMILES string of the molecule is CC(C)C(O)CCNCc1cnn(C(C)(C)C)c1. The average molecular weight is 253 g/mol. The van der Waals surface area contributed by atoms with Crippen LogP contribution in [0.3, 0.4) is 0 Å². The lowest BCUT2D eigenvalue weighted by atomic mass is 10.0. The highest BCUT2D eigenvalue weighted by molar-refractivity contribution is 5.04. The maximum absolute atomic E-state index is 9.68. The van der Waals surface area contributed by atoms with Crippen molar-refractivity contribution in [2.24, 2.45) is 5.92 Å². The number of aliphatic hydroxyl groups is 1. The van der Waals surface area contributed by atoms with E-state index in [2.05, 4.69) is 37.4 Å². The van der Waals surface area contributed by atoms with Crippen LogP contribution in [0, 0.1) is 5.92 Å². The quantitative estimate of drug-likeness (QED) is 0.764. The zero-order valence-electron chi connectivity index (χ0n) is 12.3. The molecule has 1 aromatic rings. The molecule has 0 radical (unpaired) electrons. The van der Waals surface area contributed by atoms with E-state index in [1.807, 2.05) is 24.7 Å². The van der Waals surface area contributed by atoms with Crippen molar-refractivity contribution in [3.63, 3.8) is 0 Å². The third-order valence-electron chi connectivity index (χ3n) is 3.04. The number of aromatic nitrogens is 2. The molecule has 0 spiro atoms. The Bertz CT molecular complexity index is 352. The van der Waals surface area contributed by atoms with E-state index in [-0.39, 0.29) is 11.6 Å². The van der Waals surface area contributed by atoms with E-state index in [0.717, 1.165) is 19.5 Å². The van der Waals surface area contributed by atoms with Crippen molar-refractivity contribution in [2.75, 3.05) is 6.54 Å². The van der Waals surface area contributed by atoms with E-state index in [9.17, 15) is 5.11 Å². The van der Waals surface area contributed by atoms with Gasteiger partial charge in [0.25, 0.3) is 0 Å². The van der Waals surface area contributed by atoms with Gasteiger partial charge in [-0.25, -0.2) is 0 Å². The van der Waals surface area contributed by atoms with Crippen molar-refractivity contribution >= 4 is 0 Å². The number of nitrogens with zero attached hydrogens (tertiary/aromatic N) is 2. The molecular weight excluding hydrogens is 226 g/mol. The van der Waals surface area contributed by atoms with Crippen molar-refractivity contribution < 1.29 is 5.11 Å². The van der Waals surface area contributed by atoms with Gasteiger partial charge in [-0.2, -0.15) is 5.10 Å². The fourth-order valence-corrected chi connectivity index (χ4v) is 1.63. The molecule has 2 N–H and O–H groups in total. The Morgan fingerprint density at radius 3 is 2.56 bits per heavy atom. The standard InChI is InChI=1S/C14H27N3O/c1-11(2)13(18)6-7-15-8-12-9-16-17(10-12)14(3,4)5/h9-11,13,15,18H,6-8H2,1-5H3. The van der Waals surface area contributed by atoms with Crippen LogP contribution in [0.5, 0.6) is 0 Å². The highest BCUT2D eigenvalue weighted by atomic mass is 16.3. The van der Waals surface area contributed by atoms with Gasteiger partial charge in [0.15, 0.2) is 0 Å². The molecule has 4 nitrogen and oxygen atoms in total. The monoisotopic (exact) mass is 253 g/mol. The first-order valence-electron chi connectivity index (χ1n) is 6.73. The number of hydrogen-bond donors (Lipinski definition) is 2. The molecule has 1 aromatic heterocycles. The highest BCUT2D eigenvalue weighted by Gasteiger charge is 2.13. The molecule has 1 heterocycles. The molecular formula is C14H27N3O. The van der Waals surface area contributed by atoms with Crippen LogP contribution in [0.4, 0.5) is 0 Å². The number of hydrogen-bond acceptors (Lipinski definition) is 3. The Labute approximate surface area is 110 Å². The zero-order valence-corrected chi connectivity index (χ0v) is 12.3. The minimum absolute atomic E-state index is 0.0338. The summed E-state index contributed by atoms with van der Waals surface area (Å²) < 4.78 is 1.98. The van der Waals surface area contributed by atoms with Gasteiger partial charge in [0.1, 0.15) is 0 Å². The van der Waals surface area contributed by atoms with Crippen LogP contribution in [0.1, 0.15) is 46.6 Å². The first-order valence-corrected chi connectivity index (χ1v) is 6.73. The van der Waals surface area contributed by atoms with Gasteiger partial charge < -0.3 is 10.4 Å². The molecule has 1 unspecified atom stereocenters. The van der Waals surface area contributed by atoms with Crippen LogP contribution in [-0.2, 0) is 12.1 Å². The van der Waals surface area contributed by atoms with Crippen molar-refractivity contribution in [1.29, 1.82) is 0 Å². The maximum Gasteiger partial charge on any atom is 0.0575 e. The second-order valence-corrected chi connectivity index (χ2v) is 6.24. The normalized spacial score (nSPS) is 14.2. The van der Waals surface area contributed by atoms with Crippen molar-refractivity contribution in [1.82, 2.24) is 15.1 Å². The summed E-state index contributed by atoms with van der Waals surface area (Å²) in [6.07, 6.45) is 4.56. The Morgan fingerprint density at radius 2 is 2.06 bits per heavy atom. The first kappa shape index (κ1) is 15.2. The molecule has 18 heavy (non-hydrogen) atoms. The predicted molar refractivity (Wildman–Crippen MR) is 74.4 cm³/mol.